The largest absolute Gasteiger partial charge is 0.354 e. The highest BCUT2D eigenvalue weighted by Gasteiger charge is 2.53. The van der Waals surface area contributed by atoms with Crippen LogP contribution in [0.15, 0.2) is 12.3 Å². The summed E-state index contributed by atoms with van der Waals surface area (Å²) in [6, 6.07) is 0. The van der Waals surface area contributed by atoms with Crippen LogP contribution in [0.2, 0.25) is 0 Å². The summed E-state index contributed by atoms with van der Waals surface area (Å²) in [5.41, 5.74) is 1.18. The van der Waals surface area contributed by atoms with E-state index >= 15 is 0 Å². The van der Waals surface area contributed by atoms with Gasteiger partial charge in [0.25, 0.3) is 5.91 Å². The molecule has 5 heteroatoms. The lowest BCUT2D eigenvalue weighted by molar-refractivity contribution is -0.161. The lowest BCUT2D eigenvalue weighted by atomic mass is 9.85. The highest BCUT2D eigenvalue weighted by atomic mass is 16.5. The molecule has 0 spiro atoms. The smallest absolute Gasteiger partial charge is 0.252 e. The third kappa shape index (κ3) is 1.35. The van der Waals surface area contributed by atoms with Gasteiger partial charge in [0, 0.05) is 19.8 Å². The molecule has 1 aliphatic heterocycles. The molecule has 0 aliphatic carbocycles. The minimum Gasteiger partial charge on any atom is -0.354 e. The number of rotatable bonds is 2. The Bertz CT molecular complexity index is 295. The van der Waals surface area contributed by atoms with Crippen molar-refractivity contribution in [1.82, 2.24) is 15.3 Å². The fraction of sp³-hybridized carbons (Fsp3) is 0.727. The molecule has 0 aromatic rings. The molecule has 92 valence electrons. The second kappa shape index (κ2) is 3.75. The molecule has 1 heterocycles. The number of likely N-dealkylation sites (N-methyl/N-ethyl adjacent to an activating group) is 2. The van der Waals surface area contributed by atoms with Crippen LogP contribution >= 0.6 is 0 Å². The first kappa shape index (κ1) is 13.0. The van der Waals surface area contributed by atoms with Crippen LogP contribution in [0.4, 0.5) is 0 Å². The van der Waals surface area contributed by atoms with E-state index in [9.17, 15) is 10.0 Å². The molecule has 2 N–H and O–H groups in total. The standard InChI is InChI=1S/C11H21N3O2/c1-7-11(12-16)8(2)13(5)10(3,4)14(6)9(11)15/h12,16H,2,7H2,1,3-6H3. The zero-order valence-electron chi connectivity index (χ0n) is 10.7. The molecule has 0 bridgehead atoms. The number of nitrogens with one attached hydrogen (secondary N) is 1. The van der Waals surface area contributed by atoms with Gasteiger partial charge in [0.1, 0.15) is 5.66 Å². The van der Waals surface area contributed by atoms with Crippen molar-refractivity contribution in [2.24, 2.45) is 0 Å². The molecular weight excluding hydrogens is 206 g/mol. The Morgan fingerprint density at radius 1 is 1.38 bits per heavy atom. The van der Waals surface area contributed by atoms with Gasteiger partial charge in [-0.25, -0.2) is 0 Å². The van der Waals surface area contributed by atoms with E-state index < -0.39 is 11.2 Å². The number of hydrogen-bond acceptors (Lipinski definition) is 4. The molecule has 5 nitrogen and oxygen atoms in total. The van der Waals surface area contributed by atoms with Crippen molar-refractivity contribution in [2.45, 2.75) is 38.4 Å². The fourth-order valence-corrected chi connectivity index (χ4v) is 2.05. The van der Waals surface area contributed by atoms with Crippen LogP contribution in [0.3, 0.4) is 0 Å². The number of carbonyl (C=O) groups is 1. The summed E-state index contributed by atoms with van der Waals surface area (Å²) < 4.78 is 0. The minimum atomic E-state index is -1.10. The highest BCUT2D eigenvalue weighted by Crippen LogP contribution is 2.36. The van der Waals surface area contributed by atoms with Gasteiger partial charge in [-0.05, 0) is 20.3 Å². The number of hydroxylamine groups is 1. The normalized spacial score (nSPS) is 29.9. The quantitative estimate of drug-likeness (QED) is 0.684. The summed E-state index contributed by atoms with van der Waals surface area (Å²) in [6.07, 6.45) is 0.450. The van der Waals surface area contributed by atoms with E-state index in [4.69, 9.17) is 0 Å². The van der Waals surface area contributed by atoms with Crippen LogP contribution in [-0.2, 0) is 4.79 Å². The number of carbonyl (C=O) groups excluding carboxylic acids is 1. The Balaban J connectivity index is 3.28. The summed E-state index contributed by atoms with van der Waals surface area (Å²) in [7, 11) is 3.60. The van der Waals surface area contributed by atoms with Crippen LogP contribution < -0.4 is 5.48 Å². The summed E-state index contributed by atoms with van der Waals surface area (Å²) in [4.78, 5) is 15.8. The maximum atomic E-state index is 12.3. The van der Waals surface area contributed by atoms with Crippen LogP contribution in [0.1, 0.15) is 27.2 Å². The van der Waals surface area contributed by atoms with E-state index in [0.717, 1.165) is 0 Å². The summed E-state index contributed by atoms with van der Waals surface area (Å²) >= 11 is 0. The molecule has 0 aromatic heterocycles. The van der Waals surface area contributed by atoms with Crippen molar-refractivity contribution in [3.05, 3.63) is 12.3 Å². The zero-order valence-corrected chi connectivity index (χ0v) is 10.7. The second-order valence-corrected chi connectivity index (χ2v) is 4.73. The van der Waals surface area contributed by atoms with E-state index in [1.54, 1.807) is 11.9 Å². The molecule has 0 saturated carbocycles. The first-order valence-corrected chi connectivity index (χ1v) is 5.38. The first-order valence-electron chi connectivity index (χ1n) is 5.38. The van der Waals surface area contributed by atoms with Crippen molar-refractivity contribution in [3.63, 3.8) is 0 Å². The second-order valence-electron chi connectivity index (χ2n) is 4.73. The molecule has 1 saturated heterocycles. The monoisotopic (exact) mass is 227 g/mol. The molecular formula is C11H21N3O2. The third-order valence-electron chi connectivity index (χ3n) is 3.93. The van der Waals surface area contributed by atoms with Crippen molar-refractivity contribution in [3.8, 4) is 0 Å². The Kier molecular flexibility index (Phi) is 3.04. The Morgan fingerprint density at radius 3 is 2.25 bits per heavy atom. The predicted molar refractivity (Wildman–Crippen MR) is 61.7 cm³/mol. The average molecular weight is 227 g/mol. The summed E-state index contributed by atoms with van der Waals surface area (Å²) in [5.74, 6) is -0.161. The van der Waals surface area contributed by atoms with Crippen molar-refractivity contribution >= 4 is 5.91 Å². The van der Waals surface area contributed by atoms with Crippen molar-refractivity contribution < 1.29 is 10.0 Å². The maximum absolute atomic E-state index is 12.3. The van der Waals surface area contributed by atoms with Crippen LogP contribution in [0, 0.1) is 0 Å². The van der Waals surface area contributed by atoms with Gasteiger partial charge >= 0.3 is 0 Å². The lowest BCUT2D eigenvalue weighted by Crippen LogP contribution is -2.72. The van der Waals surface area contributed by atoms with Gasteiger partial charge < -0.3 is 15.0 Å². The first-order chi connectivity index (χ1) is 7.25. The summed E-state index contributed by atoms with van der Waals surface area (Å²) in [6.45, 7) is 9.64. The van der Waals surface area contributed by atoms with Crippen LogP contribution in [-0.4, -0.2) is 46.2 Å². The van der Waals surface area contributed by atoms with E-state index in [1.807, 2.05) is 32.7 Å². The van der Waals surface area contributed by atoms with Gasteiger partial charge in [0.15, 0.2) is 5.54 Å². The Labute approximate surface area is 96.7 Å². The van der Waals surface area contributed by atoms with E-state index in [2.05, 4.69) is 12.1 Å². The minimum absolute atomic E-state index is 0.161. The molecule has 1 atom stereocenters. The van der Waals surface area contributed by atoms with E-state index in [0.29, 0.717) is 12.1 Å². The predicted octanol–water partition coefficient (Wildman–Crippen LogP) is 0.768. The van der Waals surface area contributed by atoms with Gasteiger partial charge in [-0.1, -0.05) is 13.5 Å². The SMILES string of the molecule is C=C1N(C)C(C)(C)N(C)C(=O)C1(CC)NO. The van der Waals surface area contributed by atoms with Gasteiger partial charge in [0.2, 0.25) is 0 Å². The molecule has 1 aliphatic rings. The molecule has 1 unspecified atom stereocenters. The van der Waals surface area contributed by atoms with Gasteiger partial charge in [-0.15, -0.1) is 0 Å². The maximum Gasteiger partial charge on any atom is 0.252 e. The average Bonchev–Trinajstić information content (AvgIpc) is 2.27. The number of nitrogens with zero attached hydrogens (tertiary/aromatic N) is 2. The van der Waals surface area contributed by atoms with Crippen molar-refractivity contribution in [2.75, 3.05) is 14.1 Å². The number of amides is 1. The molecule has 1 fully saturated rings. The fourth-order valence-electron chi connectivity index (χ4n) is 2.05. The lowest BCUT2D eigenvalue weighted by Gasteiger charge is -2.55. The van der Waals surface area contributed by atoms with E-state index in [1.165, 1.54) is 0 Å². The van der Waals surface area contributed by atoms with Crippen LogP contribution in [0.5, 0.6) is 0 Å². The third-order valence-corrected chi connectivity index (χ3v) is 3.93. The topological polar surface area (TPSA) is 55.8 Å². The Morgan fingerprint density at radius 2 is 1.88 bits per heavy atom. The van der Waals surface area contributed by atoms with Gasteiger partial charge in [-0.3, -0.25) is 4.79 Å². The van der Waals surface area contributed by atoms with E-state index in [-0.39, 0.29) is 5.91 Å². The molecule has 1 rings (SSSR count). The highest BCUT2D eigenvalue weighted by molar-refractivity contribution is 5.91. The molecule has 0 radical (unpaired) electrons. The van der Waals surface area contributed by atoms with Crippen LogP contribution in [0.25, 0.3) is 0 Å². The van der Waals surface area contributed by atoms with Gasteiger partial charge in [0.05, 0.1) is 0 Å². The molecule has 16 heavy (non-hydrogen) atoms. The Hall–Kier alpha value is -1.07. The van der Waals surface area contributed by atoms with Gasteiger partial charge in [-0.2, -0.15) is 5.48 Å². The molecule has 1 amide bonds. The summed E-state index contributed by atoms with van der Waals surface area (Å²) in [5, 5.41) is 9.30. The zero-order chi connectivity index (χ0) is 12.7. The van der Waals surface area contributed by atoms with Crippen molar-refractivity contribution in [1.29, 1.82) is 0 Å². The molecule has 0 aromatic carbocycles. The number of hydrogen-bond donors (Lipinski definition) is 2.